The Hall–Kier alpha value is -3.74. The molecule has 6 rings (SSSR count). The summed E-state index contributed by atoms with van der Waals surface area (Å²) < 4.78 is 17.8. The molecule has 0 radical (unpaired) electrons. The number of benzene rings is 2. The van der Waals surface area contributed by atoms with E-state index >= 15 is 0 Å². The molecule has 0 amide bonds. The third kappa shape index (κ3) is 3.65. The number of fused-ring (bicyclic) bond motifs is 2. The van der Waals surface area contributed by atoms with Gasteiger partial charge in [-0.3, -0.25) is 14.0 Å². The van der Waals surface area contributed by atoms with Gasteiger partial charge in [-0.25, -0.2) is 14.2 Å². The number of nitrogens with zero attached hydrogens (tertiary/aromatic N) is 6. The highest BCUT2D eigenvalue weighted by molar-refractivity contribution is 6.32. The van der Waals surface area contributed by atoms with E-state index in [0.717, 1.165) is 43.5 Å². The summed E-state index contributed by atoms with van der Waals surface area (Å²) in [5, 5.41) is 8.61. The molecular weight excluding hydrogens is 481 g/mol. The molecule has 10 heteroatoms. The Bertz CT molecular complexity index is 1600. The lowest BCUT2D eigenvalue weighted by atomic mass is 9.89. The van der Waals surface area contributed by atoms with Gasteiger partial charge in [0.1, 0.15) is 16.7 Å². The van der Waals surface area contributed by atoms with Gasteiger partial charge in [0.05, 0.1) is 24.0 Å². The fraction of sp³-hybridized carbons (Fsp3) is 0.308. The van der Waals surface area contributed by atoms with Crippen molar-refractivity contribution in [2.75, 3.05) is 31.1 Å². The van der Waals surface area contributed by atoms with Crippen LogP contribution in [0.1, 0.15) is 6.42 Å². The summed E-state index contributed by atoms with van der Waals surface area (Å²) in [7, 11) is 1.84. The van der Waals surface area contributed by atoms with Gasteiger partial charge in [-0.05, 0) is 55.6 Å². The van der Waals surface area contributed by atoms with Crippen molar-refractivity contribution in [3.05, 3.63) is 75.2 Å². The normalized spacial score (nSPS) is 19.4. The highest BCUT2D eigenvalue weighted by atomic mass is 35.5. The van der Waals surface area contributed by atoms with Gasteiger partial charge >= 0.3 is 0 Å². The fourth-order valence-electron chi connectivity index (χ4n) is 5.39. The lowest BCUT2D eigenvalue weighted by molar-refractivity contribution is 0.347. The van der Waals surface area contributed by atoms with Gasteiger partial charge in [0.2, 0.25) is 5.69 Å². The number of nitrogens with one attached hydrogen (secondary N) is 1. The molecule has 2 aliphatic heterocycles. The van der Waals surface area contributed by atoms with Gasteiger partial charge < -0.3 is 10.2 Å². The Morgan fingerprint density at radius 1 is 1.19 bits per heavy atom. The van der Waals surface area contributed by atoms with E-state index in [2.05, 4.69) is 20.2 Å². The van der Waals surface area contributed by atoms with Gasteiger partial charge in [-0.2, -0.15) is 5.10 Å². The minimum Gasteiger partial charge on any atom is -0.355 e. The molecule has 1 N–H and O–H groups in total. The molecule has 8 nitrogen and oxygen atoms in total. The SMILES string of the molecule is [C-]#[N+]c1ccc(-c2nc(N3CCC4CNCC4C3)c(Cl)c(=O)n2-c2ccc3c(cnn3C)c2)cc1F. The van der Waals surface area contributed by atoms with Crippen LogP contribution in [0, 0.1) is 24.2 Å². The zero-order valence-corrected chi connectivity index (χ0v) is 20.3. The molecule has 4 heterocycles. The lowest BCUT2D eigenvalue weighted by Gasteiger charge is -2.35. The van der Waals surface area contributed by atoms with E-state index in [1.165, 1.54) is 16.7 Å². The molecule has 4 aromatic rings. The predicted octanol–water partition coefficient (Wildman–Crippen LogP) is 4.18. The minimum atomic E-state index is -0.666. The monoisotopic (exact) mass is 503 g/mol. The maximum atomic E-state index is 14.7. The molecule has 0 saturated carbocycles. The number of hydrogen-bond acceptors (Lipinski definition) is 5. The van der Waals surface area contributed by atoms with Crippen LogP contribution in [0.2, 0.25) is 5.02 Å². The fourth-order valence-corrected chi connectivity index (χ4v) is 5.63. The van der Waals surface area contributed by atoms with Crippen LogP contribution in [0.25, 0.3) is 32.8 Å². The molecule has 0 bridgehead atoms. The second-order valence-electron chi connectivity index (χ2n) is 9.42. The van der Waals surface area contributed by atoms with Crippen LogP contribution in [0.5, 0.6) is 0 Å². The summed E-state index contributed by atoms with van der Waals surface area (Å²) >= 11 is 6.70. The van der Waals surface area contributed by atoms with Crippen molar-refractivity contribution in [1.29, 1.82) is 0 Å². The number of rotatable bonds is 3. The van der Waals surface area contributed by atoms with E-state index < -0.39 is 11.4 Å². The maximum absolute atomic E-state index is 14.7. The van der Waals surface area contributed by atoms with Gasteiger partial charge in [-0.1, -0.05) is 23.7 Å². The molecule has 182 valence electrons. The Morgan fingerprint density at radius 2 is 2.03 bits per heavy atom. The van der Waals surface area contributed by atoms with Gasteiger partial charge in [0.25, 0.3) is 5.56 Å². The quantitative estimate of drug-likeness (QED) is 0.425. The van der Waals surface area contributed by atoms with Gasteiger partial charge in [-0.15, -0.1) is 0 Å². The van der Waals surface area contributed by atoms with Crippen LogP contribution >= 0.6 is 11.6 Å². The van der Waals surface area contributed by atoms with E-state index in [1.807, 2.05) is 19.2 Å². The summed E-state index contributed by atoms with van der Waals surface area (Å²) in [5.41, 5.74) is 1.32. The summed E-state index contributed by atoms with van der Waals surface area (Å²) in [4.78, 5) is 23.9. The van der Waals surface area contributed by atoms with E-state index in [9.17, 15) is 9.18 Å². The molecule has 0 spiro atoms. The summed E-state index contributed by atoms with van der Waals surface area (Å²) in [5.74, 6) is 1.09. The molecule has 2 aromatic heterocycles. The molecule has 2 unspecified atom stereocenters. The standard InChI is InChI=1S/C26H23ClFN7O/c1-29-21-5-3-15(10-20(21)28)24-32-25(34-8-7-16-11-30-12-18(16)14-34)23(27)26(36)35(24)19-4-6-22-17(9-19)13-31-33(22)2/h3-6,9-10,13,16,18,30H,7-8,11-12,14H2,2H3. The van der Waals surface area contributed by atoms with Crippen molar-refractivity contribution in [2.45, 2.75) is 6.42 Å². The number of hydrogen-bond donors (Lipinski definition) is 1. The van der Waals surface area contributed by atoms with E-state index in [4.69, 9.17) is 23.2 Å². The minimum absolute atomic E-state index is 0.0349. The molecule has 2 saturated heterocycles. The number of halogens is 2. The second-order valence-corrected chi connectivity index (χ2v) is 9.79. The Balaban J connectivity index is 1.55. The second kappa shape index (κ2) is 8.73. The van der Waals surface area contributed by atoms with Gasteiger partial charge in [0, 0.05) is 31.1 Å². The first-order valence-electron chi connectivity index (χ1n) is 11.8. The first-order valence-corrected chi connectivity index (χ1v) is 12.2. The molecule has 2 aliphatic rings. The van der Waals surface area contributed by atoms with E-state index in [1.54, 1.807) is 23.0 Å². The molecule has 2 aromatic carbocycles. The number of piperidine rings is 1. The number of aromatic nitrogens is 4. The van der Waals surface area contributed by atoms with Crippen molar-refractivity contribution < 1.29 is 4.39 Å². The van der Waals surface area contributed by atoms with Crippen LogP contribution in [0.4, 0.5) is 15.9 Å². The third-order valence-electron chi connectivity index (χ3n) is 7.33. The third-order valence-corrected chi connectivity index (χ3v) is 7.66. The predicted molar refractivity (Wildman–Crippen MR) is 137 cm³/mol. The number of aryl methyl sites for hydroxylation is 1. The number of anilines is 1. The zero-order chi connectivity index (χ0) is 25.0. The average Bonchev–Trinajstić information content (AvgIpc) is 3.51. The van der Waals surface area contributed by atoms with Crippen LogP contribution < -0.4 is 15.8 Å². The molecule has 2 atom stereocenters. The smallest absolute Gasteiger partial charge is 0.279 e. The average molecular weight is 504 g/mol. The zero-order valence-electron chi connectivity index (χ0n) is 19.6. The molecule has 2 fully saturated rings. The lowest BCUT2D eigenvalue weighted by Crippen LogP contribution is -2.41. The Kier molecular flexibility index (Phi) is 5.51. The van der Waals surface area contributed by atoms with Crippen molar-refractivity contribution in [3.8, 4) is 17.1 Å². The van der Waals surface area contributed by atoms with Crippen LogP contribution in [-0.2, 0) is 7.05 Å². The Labute approximate surface area is 211 Å². The van der Waals surface area contributed by atoms with E-state index in [-0.39, 0.29) is 16.5 Å². The highest BCUT2D eigenvalue weighted by Crippen LogP contribution is 2.34. The first kappa shape index (κ1) is 22.7. The maximum Gasteiger partial charge on any atom is 0.279 e. The van der Waals surface area contributed by atoms with Crippen molar-refractivity contribution in [1.82, 2.24) is 24.6 Å². The Morgan fingerprint density at radius 3 is 2.83 bits per heavy atom. The first-order chi connectivity index (χ1) is 17.4. The summed E-state index contributed by atoms with van der Waals surface area (Å²) in [6.45, 7) is 10.6. The largest absolute Gasteiger partial charge is 0.355 e. The highest BCUT2D eigenvalue weighted by Gasteiger charge is 2.34. The molecular formula is C26H23ClFN7O. The summed E-state index contributed by atoms with van der Waals surface area (Å²) in [6, 6.07) is 9.77. The van der Waals surface area contributed by atoms with Crippen molar-refractivity contribution >= 4 is 34.0 Å². The summed E-state index contributed by atoms with van der Waals surface area (Å²) in [6.07, 6.45) is 2.71. The van der Waals surface area contributed by atoms with Crippen molar-refractivity contribution in [3.63, 3.8) is 0 Å². The van der Waals surface area contributed by atoms with Gasteiger partial charge in [0.15, 0.2) is 5.82 Å². The van der Waals surface area contributed by atoms with Crippen LogP contribution in [0.15, 0.2) is 47.4 Å². The topological polar surface area (TPSA) is 72.3 Å². The van der Waals surface area contributed by atoms with Crippen molar-refractivity contribution in [2.24, 2.45) is 18.9 Å². The van der Waals surface area contributed by atoms with Crippen LogP contribution in [0.3, 0.4) is 0 Å². The van der Waals surface area contributed by atoms with Crippen LogP contribution in [-0.4, -0.2) is 45.5 Å². The van der Waals surface area contributed by atoms with E-state index in [0.29, 0.717) is 28.9 Å². The molecule has 36 heavy (non-hydrogen) atoms. The molecule has 0 aliphatic carbocycles.